The van der Waals surface area contributed by atoms with Crippen LogP contribution in [0.15, 0.2) is 46.9 Å². The van der Waals surface area contributed by atoms with E-state index in [1.54, 1.807) is 0 Å². The molecule has 2 aromatic carbocycles. The van der Waals surface area contributed by atoms with Crippen molar-refractivity contribution in [3.05, 3.63) is 63.6 Å². The van der Waals surface area contributed by atoms with Crippen LogP contribution in [0.25, 0.3) is 0 Å². The van der Waals surface area contributed by atoms with Gasteiger partial charge in [0.05, 0.1) is 0 Å². The Morgan fingerprint density at radius 2 is 2.08 bits per heavy atom. The van der Waals surface area contributed by atoms with Crippen LogP contribution in [0.1, 0.15) is 29.5 Å². The Kier molecular flexibility index (Phi) is 6.36. The van der Waals surface area contributed by atoms with Crippen LogP contribution in [0.5, 0.6) is 0 Å². The van der Waals surface area contributed by atoms with Crippen molar-refractivity contribution in [2.75, 3.05) is 24.5 Å². The molecule has 1 saturated heterocycles. The lowest BCUT2D eigenvalue weighted by Crippen LogP contribution is -2.31. The molecule has 1 unspecified atom stereocenters. The zero-order valence-electron chi connectivity index (χ0n) is 15.6. The molecule has 1 aliphatic heterocycles. The predicted octanol–water partition coefficient (Wildman–Crippen LogP) is 4.64. The van der Waals surface area contributed by atoms with Crippen LogP contribution in [-0.2, 0) is 11.2 Å². The van der Waals surface area contributed by atoms with Crippen molar-refractivity contribution in [2.24, 2.45) is 5.92 Å². The van der Waals surface area contributed by atoms with E-state index in [1.165, 1.54) is 22.4 Å². The number of nitrogens with one attached hydrogen (secondary N) is 1. The lowest BCUT2D eigenvalue weighted by atomic mass is 10.0. The second kappa shape index (κ2) is 8.72. The molecule has 1 atom stereocenters. The van der Waals surface area contributed by atoms with Gasteiger partial charge in [0.25, 0.3) is 0 Å². The lowest BCUT2D eigenvalue weighted by Gasteiger charge is -2.19. The van der Waals surface area contributed by atoms with E-state index in [2.05, 4.69) is 76.4 Å². The van der Waals surface area contributed by atoms with Gasteiger partial charge in [-0.1, -0.05) is 45.8 Å². The summed E-state index contributed by atoms with van der Waals surface area (Å²) in [6, 6.07) is 14.9. The summed E-state index contributed by atoms with van der Waals surface area (Å²) < 4.78 is 1.11. The van der Waals surface area contributed by atoms with Gasteiger partial charge in [-0.25, -0.2) is 0 Å². The number of benzene rings is 2. The first-order valence-corrected chi connectivity index (χ1v) is 10.1. The fourth-order valence-electron chi connectivity index (χ4n) is 3.63. The van der Waals surface area contributed by atoms with E-state index in [0.717, 1.165) is 36.9 Å². The number of anilines is 1. The summed E-state index contributed by atoms with van der Waals surface area (Å²) >= 11 is 3.54. The van der Waals surface area contributed by atoms with Gasteiger partial charge in [0.2, 0.25) is 5.91 Å². The maximum Gasteiger partial charge on any atom is 0.220 e. The fourth-order valence-corrected chi connectivity index (χ4v) is 4.01. The minimum Gasteiger partial charge on any atom is -0.371 e. The minimum atomic E-state index is 0.158. The summed E-state index contributed by atoms with van der Waals surface area (Å²) in [4.78, 5) is 14.6. The van der Waals surface area contributed by atoms with Crippen LogP contribution in [0.4, 0.5) is 5.69 Å². The van der Waals surface area contributed by atoms with E-state index in [4.69, 9.17) is 0 Å². The summed E-state index contributed by atoms with van der Waals surface area (Å²) in [5.74, 6) is 0.685. The van der Waals surface area contributed by atoms with E-state index >= 15 is 0 Å². The van der Waals surface area contributed by atoms with Crippen molar-refractivity contribution in [2.45, 2.75) is 33.1 Å². The summed E-state index contributed by atoms with van der Waals surface area (Å²) in [6.07, 6.45) is 2.50. The molecule has 0 aromatic heterocycles. The normalized spacial score (nSPS) is 16.7. The van der Waals surface area contributed by atoms with E-state index in [0.29, 0.717) is 12.3 Å². The van der Waals surface area contributed by atoms with E-state index in [1.807, 2.05) is 6.07 Å². The van der Waals surface area contributed by atoms with Gasteiger partial charge in [-0.3, -0.25) is 4.79 Å². The van der Waals surface area contributed by atoms with Crippen LogP contribution in [0.3, 0.4) is 0 Å². The van der Waals surface area contributed by atoms with Crippen molar-refractivity contribution in [3.8, 4) is 0 Å². The largest absolute Gasteiger partial charge is 0.371 e. The average Bonchev–Trinajstić information content (AvgIpc) is 3.08. The SMILES string of the molecule is Cc1ccc(CCC(=O)NCC2CCN(c3cccc(Br)c3)C2)c(C)c1. The van der Waals surface area contributed by atoms with Gasteiger partial charge in [0.1, 0.15) is 0 Å². The van der Waals surface area contributed by atoms with Gasteiger partial charge in [-0.15, -0.1) is 0 Å². The minimum absolute atomic E-state index is 0.158. The smallest absolute Gasteiger partial charge is 0.220 e. The monoisotopic (exact) mass is 414 g/mol. The van der Waals surface area contributed by atoms with Gasteiger partial charge >= 0.3 is 0 Å². The number of nitrogens with zero attached hydrogens (tertiary/aromatic N) is 1. The van der Waals surface area contributed by atoms with Crippen LogP contribution in [0, 0.1) is 19.8 Å². The van der Waals surface area contributed by atoms with E-state index in [9.17, 15) is 4.79 Å². The molecule has 3 nitrogen and oxygen atoms in total. The zero-order valence-corrected chi connectivity index (χ0v) is 17.2. The highest BCUT2D eigenvalue weighted by Crippen LogP contribution is 2.26. The highest BCUT2D eigenvalue weighted by Gasteiger charge is 2.23. The maximum atomic E-state index is 12.2. The summed E-state index contributed by atoms with van der Waals surface area (Å²) in [5, 5.41) is 3.13. The number of rotatable bonds is 6. The summed E-state index contributed by atoms with van der Waals surface area (Å²) in [5.41, 5.74) is 5.07. The number of hydrogen-bond acceptors (Lipinski definition) is 2. The number of carbonyl (C=O) groups is 1. The molecule has 0 bridgehead atoms. The molecule has 0 saturated carbocycles. The number of amides is 1. The molecule has 1 aliphatic rings. The van der Waals surface area contributed by atoms with E-state index < -0.39 is 0 Å². The predicted molar refractivity (Wildman–Crippen MR) is 112 cm³/mol. The van der Waals surface area contributed by atoms with Gasteiger partial charge in [-0.05, 0) is 61.9 Å². The van der Waals surface area contributed by atoms with Crippen LogP contribution in [-0.4, -0.2) is 25.5 Å². The van der Waals surface area contributed by atoms with E-state index in [-0.39, 0.29) is 5.91 Å². The summed E-state index contributed by atoms with van der Waals surface area (Å²) in [7, 11) is 0. The second-order valence-corrected chi connectivity index (χ2v) is 8.23. The Morgan fingerprint density at radius 3 is 2.85 bits per heavy atom. The van der Waals surface area contributed by atoms with Gasteiger partial charge in [0.15, 0.2) is 0 Å². The number of hydrogen-bond donors (Lipinski definition) is 1. The molecule has 3 rings (SSSR count). The molecule has 1 heterocycles. The molecule has 26 heavy (non-hydrogen) atoms. The third-order valence-electron chi connectivity index (χ3n) is 5.17. The highest BCUT2D eigenvalue weighted by molar-refractivity contribution is 9.10. The number of halogens is 1. The average molecular weight is 415 g/mol. The fraction of sp³-hybridized carbons (Fsp3) is 0.409. The lowest BCUT2D eigenvalue weighted by molar-refractivity contribution is -0.121. The first-order chi connectivity index (χ1) is 12.5. The Hall–Kier alpha value is -1.81. The third kappa shape index (κ3) is 5.10. The molecule has 1 N–H and O–H groups in total. The zero-order chi connectivity index (χ0) is 18.5. The Labute approximate surface area is 164 Å². The molecule has 4 heteroatoms. The standard InChI is InChI=1S/C22H27BrN2O/c1-16-6-7-19(17(2)12-16)8-9-22(26)24-14-18-10-11-25(15-18)21-5-3-4-20(23)13-21/h3-7,12-13,18H,8-11,14-15H2,1-2H3,(H,24,26). The molecule has 1 fully saturated rings. The first kappa shape index (κ1) is 19.0. The van der Waals surface area contributed by atoms with Crippen LogP contribution < -0.4 is 10.2 Å². The molecular weight excluding hydrogens is 388 g/mol. The number of carbonyl (C=O) groups excluding carboxylic acids is 1. The molecule has 2 aromatic rings. The number of aryl methyl sites for hydroxylation is 3. The Bertz CT molecular complexity index is 774. The van der Waals surface area contributed by atoms with Crippen molar-refractivity contribution in [3.63, 3.8) is 0 Å². The van der Waals surface area contributed by atoms with Crippen molar-refractivity contribution < 1.29 is 4.79 Å². The highest BCUT2D eigenvalue weighted by atomic mass is 79.9. The molecule has 0 radical (unpaired) electrons. The molecule has 0 aliphatic carbocycles. The van der Waals surface area contributed by atoms with Crippen molar-refractivity contribution >= 4 is 27.5 Å². The Balaban J connectivity index is 1.42. The van der Waals surface area contributed by atoms with Gasteiger partial charge in [-0.2, -0.15) is 0 Å². The van der Waals surface area contributed by atoms with Gasteiger partial charge < -0.3 is 10.2 Å². The maximum absolute atomic E-state index is 12.2. The van der Waals surface area contributed by atoms with Crippen LogP contribution in [0.2, 0.25) is 0 Å². The topological polar surface area (TPSA) is 32.3 Å². The molecule has 1 amide bonds. The molecular formula is C22H27BrN2O. The quantitative estimate of drug-likeness (QED) is 0.746. The van der Waals surface area contributed by atoms with Crippen molar-refractivity contribution in [1.29, 1.82) is 0 Å². The molecule has 138 valence electrons. The van der Waals surface area contributed by atoms with Crippen LogP contribution >= 0.6 is 15.9 Å². The Morgan fingerprint density at radius 1 is 1.23 bits per heavy atom. The third-order valence-corrected chi connectivity index (χ3v) is 5.66. The van der Waals surface area contributed by atoms with Gasteiger partial charge in [0, 0.05) is 36.2 Å². The van der Waals surface area contributed by atoms with Crippen molar-refractivity contribution in [1.82, 2.24) is 5.32 Å². The molecule has 0 spiro atoms. The second-order valence-electron chi connectivity index (χ2n) is 7.31. The summed E-state index contributed by atoms with van der Waals surface area (Å²) in [6.45, 7) is 7.06. The first-order valence-electron chi connectivity index (χ1n) is 9.34.